The highest BCUT2D eigenvalue weighted by Gasteiger charge is 2.16. The molecule has 1 aliphatic rings. The van der Waals surface area contributed by atoms with Gasteiger partial charge in [-0.05, 0) is 24.6 Å². The van der Waals surface area contributed by atoms with E-state index in [0.29, 0.717) is 17.3 Å². The van der Waals surface area contributed by atoms with Crippen molar-refractivity contribution in [2.24, 2.45) is 10.4 Å². The number of aliphatic carboxylic acids is 1. The second-order valence-electron chi connectivity index (χ2n) is 6.17. The Hall–Kier alpha value is -2.56. The van der Waals surface area contributed by atoms with Crippen LogP contribution in [0.1, 0.15) is 33.6 Å². The minimum absolute atomic E-state index is 0.147. The van der Waals surface area contributed by atoms with Gasteiger partial charge < -0.3 is 14.6 Å². The van der Waals surface area contributed by atoms with Crippen LogP contribution in [0.15, 0.2) is 64.8 Å². The van der Waals surface area contributed by atoms with Crippen molar-refractivity contribution in [3.05, 3.63) is 59.8 Å². The van der Waals surface area contributed by atoms with E-state index in [2.05, 4.69) is 31.8 Å². The fraction of sp³-hybridized carbons (Fsp3) is 0.400. The molecule has 0 radical (unpaired) electrons. The van der Waals surface area contributed by atoms with Gasteiger partial charge >= 0.3 is 5.97 Å². The lowest BCUT2D eigenvalue weighted by Gasteiger charge is -2.18. The van der Waals surface area contributed by atoms with Crippen LogP contribution in [0.5, 0.6) is 0 Å². The van der Waals surface area contributed by atoms with E-state index in [1.807, 2.05) is 30.4 Å². The summed E-state index contributed by atoms with van der Waals surface area (Å²) in [6.45, 7) is 5.77. The van der Waals surface area contributed by atoms with Crippen LogP contribution in [0.3, 0.4) is 0 Å². The molecule has 0 amide bonds. The topological polar surface area (TPSA) is 68.1 Å². The van der Waals surface area contributed by atoms with Crippen molar-refractivity contribution in [2.45, 2.75) is 33.6 Å². The maximum Gasteiger partial charge on any atom is 0.341 e. The number of rotatable bonds is 9. The van der Waals surface area contributed by atoms with E-state index in [4.69, 9.17) is 14.6 Å². The van der Waals surface area contributed by atoms with Crippen LogP contribution in [0, 0.1) is 5.41 Å². The molecule has 5 heteroatoms. The summed E-state index contributed by atoms with van der Waals surface area (Å²) in [5.41, 5.74) is -0.147. The fourth-order valence-electron chi connectivity index (χ4n) is 2.06. The molecule has 0 fully saturated rings. The minimum atomic E-state index is -1.05. The van der Waals surface area contributed by atoms with Gasteiger partial charge in [-0.1, -0.05) is 45.4 Å². The van der Waals surface area contributed by atoms with Crippen LogP contribution < -0.4 is 0 Å². The molecule has 0 saturated heterocycles. The van der Waals surface area contributed by atoms with E-state index >= 15 is 0 Å². The Labute approximate surface area is 149 Å². The zero-order valence-corrected chi connectivity index (χ0v) is 15.4. The van der Waals surface area contributed by atoms with E-state index in [1.165, 1.54) is 0 Å². The monoisotopic (exact) mass is 345 g/mol. The molecule has 0 bridgehead atoms. The van der Waals surface area contributed by atoms with Crippen molar-refractivity contribution in [1.29, 1.82) is 0 Å². The number of ether oxygens (including phenoxy) is 2. The van der Waals surface area contributed by atoms with Gasteiger partial charge in [0.15, 0.2) is 18.1 Å². The molecule has 0 saturated carbocycles. The lowest BCUT2D eigenvalue weighted by Crippen LogP contribution is -2.10. The zero-order valence-electron chi connectivity index (χ0n) is 15.4. The summed E-state index contributed by atoms with van der Waals surface area (Å²) in [5.74, 6) is 0.450. The van der Waals surface area contributed by atoms with Gasteiger partial charge in [-0.25, -0.2) is 4.79 Å². The molecule has 1 N–H and O–H groups in total. The van der Waals surface area contributed by atoms with Gasteiger partial charge in [-0.3, -0.25) is 4.99 Å². The molecule has 0 aromatic carbocycles. The summed E-state index contributed by atoms with van der Waals surface area (Å²) >= 11 is 0. The second-order valence-corrected chi connectivity index (χ2v) is 6.17. The SMILES string of the molecule is CCC/C=C(OC1=CC(C)(C)C=CC=C1)\C(=C/C=NC)OCC(=O)O. The molecule has 0 aliphatic heterocycles. The number of aliphatic imine (C=N–C) groups is 1. The summed E-state index contributed by atoms with van der Waals surface area (Å²) in [4.78, 5) is 14.8. The number of hydrogen-bond acceptors (Lipinski definition) is 4. The molecule has 5 nitrogen and oxygen atoms in total. The second kappa shape index (κ2) is 10.3. The van der Waals surface area contributed by atoms with Crippen molar-refractivity contribution in [2.75, 3.05) is 13.7 Å². The molecule has 0 aromatic rings. The summed E-state index contributed by atoms with van der Waals surface area (Å²) < 4.78 is 11.4. The Morgan fingerprint density at radius 2 is 2.08 bits per heavy atom. The standard InChI is InChI=1S/C20H27NO4/c1-5-6-10-18(17(11-13-21-4)24-15-19(22)23)25-16-9-7-8-12-20(2,3)14-16/h7-14H,5-6,15H2,1-4H3,(H,22,23)/b17-11+,18-10+,21-13?. The van der Waals surface area contributed by atoms with Gasteiger partial charge in [-0.2, -0.15) is 0 Å². The highest BCUT2D eigenvalue weighted by atomic mass is 16.5. The lowest BCUT2D eigenvalue weighted by atomic mass is 9.93. The molecule has 0 heterocycles. The van der Waals surface area contributed by atoms with Crippen molar-refractivity contribution in [1.82, 2.24) is 0 Å². The summed E-state index contributed by atoms with van der Waals surface area (Å²) in [7, 11) is 1.63. The van der Waals surface area contributed by atoms with E-state index < -0.39 is 12.6 Å². The number of hydrogen-bond donors (Lipinski definition) is 1. The Morgan fingerprint density at radius 1 is 1.32 bits per heavy atom. The van der Waals surface area contributed by atoms with Gasteiger partial charge in [-0.15, -0.1) is 0 Å². The Kier molecular flexibility index (Phi) is 8.47. The molecule has 0 unspecified atom stereocenters. The van der Waals surface area contributed by atoms with Crippen molar-refractivity contribution in [3.8, 4) is 0 Å². The molecule has 1 rings (SSSR count). The maximum atomic E-state index is 10.9. The van der Waals surface area contributed by atoms with Gasteiger partial charge in [0.05, 0.1) is 0 Å². The maximum absolute atomic E-state index is 10.9. The zero-order chi connectivity index (χ0) is 18.7. The number of carboxylic acid groups (broad SMARTS) is 1. The third-order valence-electron chi connectivity index (χ3n) is 3.23. The summed E-state index contributed by atoms with van der Waals surface area (Å²) in [5, 5.41) is 8.90. The molecule has 0 atom stereocenters. The Bertz CT molecular complexity index is 634. The van der Waals surface area contributed by atoms with Crippen molar-refractivity contribution >= 4 is 12.2 Å². The van der Waals surface area contributed by atoms with Crippen molar-refractivity contribution < 1.29 is 19.4 Å². The molecular weight excluding hydrogens is 318 g/mol. The smallest absolute Gasteiger partial charge is 0.341 e. The molecule has 0 aromatic heterocycles. The third kappa shape index (κ3) is 8.20. The van der Waals surface area contributed by atoms with Crippen LogP contribution in [-0.4, -0.2) is 30.9 Å². The summed E-state index contributed by atoms with van der Waals surface area (Å²) in [6.07, 6.45) is 16.6. The normalized spacial score (nSPS) is 17.4. The lowest BCUT2D eigenvalue weighted by molar-refractivity contribution is -0.140. The highest BCUT2D eigenvalue weighted by molar-refractivity contribution is 5.73. The van der Waals surface area contributed by atoms with Crippen molar-refractivity contribution in [3.63, 3.8) is 0 Å². The Morgan fingerprint density at radius 3 is 2.72 bits per heavy atom. The van der Waals surface area contributed by atoms with Gasteiger partial charge in [0.1, 0.15) is 5.76 Å². The number of carbonyl (C=O) groups is 1. The average Bonchev–Trinajstić information content (AvgIpc) is 2.71. The van der Waals surface area contributed by atoms with Gasteiger partial charge in [0.25, 0.3) is 0 Å². The van der Waals surface area contributed by atoms with E-state index in [0.717, 1.165) is 12.8 Å². The predicted octanol–water partition coefficient (Wildman–Crippen LogP) is 4.41. The van der Waals surface area contributed by atoms with Gasteiger partial charge in [0.2, 0.25) is 0 Å². The number of carboxylic acids is 1. The van der Waals surface area contributed by atoms with Crippen LogP contribution >= 0.6 is 0 Å². The first-order valence-corrected chi connectivity index (χ1v) is 8.32. The van der Waals surface area contributed by atoms with Crippen LogP contribution in [-0.2, 0) is 14.3 Å². The molecule has 1 aliphatic carbocycles. The first kappa shape index (κ1) is 20.5. The van der Waals surface area contributed by atoms with E-state index in [1.54, 1.807) is 19.3 Å². The highest BCUT2D eigenvalue weighted by Crippen LogP contribution is 2.27. The van der Waals surface area contributed by atoms with Crippen LogP contribution in [0.2, 0.25) is 0 Å². The molecule has 25 heavy (non-hydrogen) atoms. The Balaban J connectivity index is 3.12. The first-order chi connectivity index (χ1) is 11.9. The predicted molar refractivity (Wildman–Crippen MR) is 100 cm³/mol. The third-order valence-corrected chi connectivity index (χ3v) is 3.23. The van der Waals surface area contributed by atoms with Crippen LogP contribution in [0.25, 0.3) is 0 Å². The number of unbranched alkanes of at least 4 members (excludes halogenated alkanes) is 1. The summed E-state index contributed by atoms with van der Waals surface area (Å²) in [6, 6.07) is 0. The largest absolute Gasteiger partial charge is 0.479 e. The first-order valence-electron chi connectivity index (χ1n) is 8.32. The number of nitrogens with zero attached hydrogens (tertiary/aromatic N) is 1. The van der Waals surface area contributed by atoms with Crippen LogP contribution in [0.4, 0.5) is 0 Å². The average molecular weight is 345 g/mol. The van der Waals surface area contributed by atoms with Gasteiger partial charge in [0, 0.05) is 24.8 Å². The molecule has 136 valence electrons. The quantitative estimate of drug-likeness (QED) is 0.382. The minimum Gasteiger partial charge on any atom is -0.479 e. The van der Waals surface area contributed by atoms with E-state index in [-0.39, 0.29) is 5.41 Å². The number of allylic oxidation sites excluding steroid dienone is 7. The molecular formula is C20H27NO4. The van der Waals surface area contributed by atoms with E-state index in [9.17, 15) is 4.79 Å². The fourth-order valence-corrected chi connectivity index (χ4v) is 2.06. The molecule has 0 spiro atoms.